The van der Waals surface area contributed by atoms with Crippen molar-refractivity contribution in [1.29, 1.82) is 0 Å². The fourth-order valence-electron chi connectivity index (χ4n) is 2.89. The number of nitrogens with one attached hydrogen (secondary N) is 1. The van der Waals surface area contributed by atoms with E-state index in [9.17, 15) is 9.90 Å². The third-order valence-electron chi connectivity index (χ3n) is 4.31. The molecule has 1 fully saturated rings. The van der Waals surface area contributed by atoms with Gasteiger partial charge in [-0.1, -0.05) is 49.6 Å². The van der Waals surface area contributed by atoms with Crippen molar-refractivity contribution in [2.45, 2.75) is 56.6 Å². The third kappa shape index (κ3) is 5.14. The van der Waals surface area contributed by atoms with Gasteiger partial charge in [0.1, 0.15) is 0 Å². The average molecular weight is 290 g/mol. The molecular weight excluding hydrogens is 264 g/mol. The fraction of sp³-hybridized carbons (Fsp3) is 0.588. The van der Waals surface area contributed by atoms with Crippen molar-refractivity contribution in [1.82, 2.24) is 5.32 Å². The molecule has 116 valence electrons. The van der Waals surface area contributed by atoms with Crippen molar-refractivity contribution in [2.75, 3.05) is 6.54 Å². The SMILES string of the molecule is NC(CCC(=O)NCC1(O)CCCCC1)c1ccccc1. The quantitative estimate of drug-likeness (QED) is 0.752. The van der Waals surface area contributed by atoms with Crippen LogP contribution in [0.2, 0.25) is 0 Å². The lowest BCUT2D eigenvalue weighted by Crippen LogP contribution is -2.44. The lowest BCUT2D eigenvalue weighted by Gasteiger charge is -2.32. The van der Waals surface area contributed by atoms with Crippen LogP contribution in [-0.4, -0.2) is 23.2 Å². The van der Waals surface area contributed by atoms with Crippen molar-refractivity contribution in [3.63, 3.8) is 0 Å². The van der Waals surface area contributed by atoms with Crippen molar-refractivity contribution in [3.8, 4) is 0 Å². The second kappa shape index (κ2) is 7.57. The van der Waals surface area contributed by atoms with Gasteiger partial charge in [0.15, 0.2) is 0 Å². The van der Waals surface area contributed by atoms with E-state index in [-0.39, 0.29) is 11.9 Å². The molecule has 1 aromatic carbocycles. The van der Waals surface area contributed by atoms with Crippen LogP contribution < -0.4 is 11.1 Å². The smallest absolute Gasteiger partial charge is 0.220 e. The van der Waals surface area contributed by atoms with Gasteiger partial charge in [-0.05, 0) is 24.8 Å². The van der Waals surface area contributed by atoms with Gasteiger partial charge in [0.25, 0.3) is 0 Å². The zero-order valence-corrected chi connectivity index (χ0v) is 12.6. The van der Waals surface area contributed by atoms with Gasteiger partial charge in [0.05, 0.1) is 5.60 Å². The Morgan fingerprint density at radius 1 is 1.24 bits per heavy atom. The Bertz CT molecular complexity index is 441. The number of hydrogen-bond donors (Lipinski definition) is 3. The molecule has 0 radical (unpaired) electrons. The fourth-order valence-corrected chi connectivity index (χ4v) is 2.89. The van der Waals surface area contributed by atoms with Crippen LogP contribution in [0.5, 0.6) is 0 Å². The van der Waals surface area contributed by atoms with Crippen LogP contribution in [0.15, 0.2) is 30.3 Å². The summed E-state index contributed by atoms with van der Waals surface area (Å²) < 4.78 is 0. The zero-order chi connectivity index (χ0) is 15.1. The molecule has 4 N–H and O–H groups in total. The van der Waals surface area contributed by atoms with Crippen LogP contribution in [0, 0.1) is 0 Å². The number of carbonyl (C=O) groups is 1. The number of nitrogens with two attached hydrogens (primary N) is 1. The molecule has 0 heterocycles. The van der Waals surface area contributed by atoms with Crippen LogP contribution in [0.1, 0.15) is 56.6 Å². The van der Waals surface area contributed by atoms with Crippen molar-refractivity contribution >= 4 is 5.91 Å². The van der Waals surface area contributed by atoms with Gasteiger partial charge in [0, 0.05) is 19.0 Å². The first kappa shape index (κ1) is 16.0. The van der Waals surface area contributed by atoms with E-state index in [0.29, 0.717) is 19.4 Å². The molecule has 0 aliphatic heterocycles. The molecule has 2 rings (SSSR count). The molecule has 0 bridgehead atoms. The summed E-state index contributed by atoms with van der Waals surface area (Å²) in [6.45, 7) is 0.367. The minimum atomic E-state index is -0.699. The predicted octanol–water partition coefficient (Wildman–Crippen LogP) is 2.28. The highest BCUT2D eigenvalue weighted by molar-refractivity contribution is 5.76. The molecule has 1 aliphatic carbocycles. The van der Waals surface area contributed by atoms with Crippen LogP contribution >= 0.6 is 0 Å². The minimum absolute atomic E-state index is 0.0274. The maximum absolute atomic E-state index is 11.9. The maximum atomic E-state index is 11.9. The van der Waals surface area contributed by atoms with E-state index in [4.69, 9.17) is 5.73 Å². The van der Waals surface area contributed by atoms with Gasteiger partial charge < -0.3 is 16.2 Å². The van der Waals surface area contributed by atoms with Gasteiger partial charge in [-0.15, -0.1) is 0 Å². The number of rotatable bonds is 6. The van der Waals surface area contributed by atoms with E-state index >= 15 is 0 Å². The Morgan fingerprint density at radius 3 is 2.57 bits per heavy atom. The standard InChI is InChI=1S/C17H26N2O2/c18-15(14-7-3-1-4-8-14)9-10-16(20)19-13-17(21)11-5-2-6-12-17/h1,3-4,7-8,15,21H,2,5-6,9-13,18H2,(H,19,20). The van der Waals surface area contributed by atoms with Gasteiger partial charge in [-0.2, -0.15) is 0 Å². The van der Waals surface area contributed by atoms with Crippen molar-refractivity contribution in [2.24, 2.45) is 5.73 Å². The third-order valence-corrected chi connectivity index (χ3v) is 4.31. The number of benzene rings is 1. The number of amides is 1. The molecule has 1 atom stereocenters. The van der Waals surface area contributed by atoms with Crippen molar-refractivity contribution in [3.05, 3.63) is 35.9 Å². The maximum Gasteiger partial charge on any atom is 0.220 e. The van der Waals surface area contributed by atoms with E-state index in [1.807, 2.05) is 30.3 Å². The molecule has 1 saturated carbocycles. The first-order chi connectivity index (χ1) is 10.1. The summed E-state index contributed by atoms with van der Waals surface area (Å²) in [6, 6.07) is 9.70. The molecule has 1 aromatic rings. The predicted molar refractivity (Wildman–Crippen MR) is 83.6 cm³/mol. The van der Waals surface area contributed by atoms with E-state index in [0.717, 1.165) is 31.2 Å². The molecule has 21 heavy (non-hydrogen) atoms. The first-order valence-electron chi connectivity index (χ1n) is 7.89. The Kier molecular flexibility index (Phi) is 5.76. The summed E-state index contributed by atoms with van der Waals surface area (Å²) in [5, 5.41) is 13.2. The lowest BCUT2D eigenvalue weighted by molar-refractivity contribution is -0.122. The Morgan fingerprint density at radius 2 is 1.90 bits per heavy atom. The molecule has 0 saturated heterocycles. The highest BCUT2D eigenvalue weighted by Gasteiger charge is 2.29. The Balaban J connectivity index is 1.70. The van der Waals surface area contributed by atoms with E-state index < -0.39 is 5.60 Å². The summed E-state index contributed by atoms with van der Waals surface area (Å²) in [5.74, 6) is -0.0274. The molecule has 0 aromatic heterocycles. The lowest BCUT2D eigenvalue weighted by atomic mass is 9.85. The average Bonchev–Trinajstić information content (AvgIpc) is 2.52. The van der Waals surface area contributed by atoms with E-state index in [1.165, 1.54) is 6.42 Å². The van der Waals surface area contributed by atoms with Crippen LogP contribution in [0.4, 0.5) is 0 Å². The molecule has 0 spiro atoms. The molecular formula is C17H26N2O2. The summed E-state index contributed by atoms with van der Waals surface area (Å²) in [6.07, 6.45) is 5.87. The molecule has 4 heteroatoms. The molecule has 1 amide bonds. The van der Waals surface area contributed by atoms with Gasteiger partial charge in [-0.25, -0.2) is 0 Å². The monoisotopic (exact) mass is 290 g/mol. The summed E-state index contributed by atoms with van der Waals surface area (Å²) >= 11 is 0. The zero-order valence-electron chi connectivity index (χ0n) is 12.6. The highest BCUT2D eigenvalue weighted by Crippen LogP contribution is 2.27. The van der Waals surface area contributed by atoms with Crippen LogP contribution in [0.25, 0.3) is 0 Å². The van der Waals surface area contributed by atoms with Gasteiger partial charge in [0.2, 0.25) is 5.91 Å². The normalized spacial score (nSPS) is 19.0. The molecule has 4 nitrogen and oxygen atoms in total. The Hall–Kier alpha value is -1.39. The first-order valence-corrected chi connectivity index (χ1v) is 7.89. The number of aliphatic hydroxyl groups is 1. The highest BCUT2D eigenvalue weighted by atomic mass is 16.3. The molecule has 1 unspecified atom stereocenters. The van der Waals surface area contributed by atoms with Crippen molar-refractivity contribution < 1.29 is 9.90 Å². The van der Waals surface area contributed by atoms with Crippen LogP contribution in [0.3, 0.4) is 0 Å². The number of hydrogen-bond acceptors (Lipinski definition) is 3. The minimum Gasteiger partial charge on any atom is -0.388 e. The second-order valence-electron chi connectivity index (χ2n) is 6.12. The second-order valence-corrected chi connectivity index (χ2v) is 6.12. The van der Waals surface area contributed by atoms with Gasteiger partial charge >= 0.3 is 0 Å². The van der Waals surface area contributed by atoms with E-state index in [1.54, 1.807) is 0 Å². The summed E-state index contributed by atoms with van der Waals surface area (Å²) in [7, 11) is 0. The summed E-state index contributed by atoms with van der Waals surface area (Å²) in [5.41, 5.74) is 6.43. The number of carbonyl (C=O) groups excluding carboxylic acids is 1. The van der Waals surface area contributed by atoms with E-state index in [2.05, 4.69) is 5.32 Å². The summed E-state index contributed by atoms with van der Waals surface area (Å²) in [4.78, 5) is 11.9. The van der Waals surface area contributed by atoms with Gasteiger partial charge in [-0.3, -0.25) is 4.79 Å². The van der Waals surface area contributed by atoms with Crippen LogP contribution in [-0.2, 0) is 4.79 Å². The largest absolute Gasteiger partial charge is 0.388 e. The Labute approximate surface area is 126 Å². The molecule has 1 aliphatic rings. The topological polar surface area (TPSA) is 75.4 Å².